The van der Waals surface area contributed by atoms with Crippen LogP contribution in [-0.2, 0) is 0 Å². The van der Waals surface area contributed by atoms with Gasteiger partial charge < -0.3 is 23.5 Å². The number of hydrogen-bond donors (Lipinski definition) is 0. The van der Waals surface area contributed by atoms with Gasteiger partial charge in [-0.1, -0.05) is 152 Å². The van der Waals surface area contributed by atoms with Crippen LogP contribution in [0.4, 0.5) is 34.1 Å². The minimum atomic E-state index is 0.429. The lowest BCUT2D eigenvalue weighted by Gasteiger charge is -2.25. The van der Waals surface area contributed by atoms with Crippen molar-refractivity contribution in [3.05, 3.63) is 284 Å². The van der Waals surface area contributed by atoms with Crippen LogP contribution in [0, 0.1) is 22.7 Å². The molecule has 0 aliphatic heterocycles. The molecule has 3 aromatic heterocycles. The fourth-order valence-electron chi connectivity index (χ4n) is 12.3. The molecule has 7 heteroatoms. The number of para-hydroxylation sites is 6. The third kappa shape index (κ3) is 7.12. The number of fused-ring (bicyclic) bond motifs is 12. The Morgan fingerprint density at radius 2 is 0.696 bits per heavy atom. The van der Waals surface area contributed by atoms with Crippen molar-refractivity contribution >= 4 is 110 Å². The highest BCUT2D eigenvalue weighted by molar-refractivity contribution is 6.25. The predicted octanol–water partition coefficient (Wildman–Crippen LogP) is 18.8. The van der Waals surface area contributed by atoms with Gasteiger partial charge in [-0.05, 0) is 132 Å². The molecule has 79 heavy (non-hydrogen) atoms. The Balaban J connectivity index is 1.02. The first-order valence-electron chi connectivity index (χ1n) is 26.5. The van der Waals surface area contributed by atoms with Crippen LogP contribution in [0.3, 0.4) is 0 Å². The molecule has 0 fully saturated rings. The first-order chi connectivity index (χ1) is 39.1. The summed E-state index contributed by atoms with van der Waals surface area (Å²) in [5.74, 6) is 0. The predicted molar refractivity (Wildman–Crippen MR) is 326 cm³/mol. The Morgan fingerprint density at radius 3 is 1.25 bits per heavy atom. The molecule has 0 aliphatic carbocycles. The fraction of sp³-hybridized carbons (Fsp3) is 0. The number of anilines is 6. The summed E-state index contributed by atoms with van der Waals surface area (Å²) >= 11 is 0. The summed E-state index contributed by atoms with van der Waals surface area (Å²) in [6.45, 7) is 0. The molecule has 0 amide bonds. The monoisotopic (exact) mass is 1010 g/mol. The third-order valence-corrected chi connectivity index (χ3v) is 15.6. The number of nitrogens with zero attached hydrogens (tertiary/aromatic N) is 7. The third-order valence-electron chi connectivity index (χ3n) is 15.6. The van der Waals surface area contributed by atoms with Crippen LogP contribution >= 0.6 is 0 Å². The van der Waals surface area contributed by atoms with Gasteiger partial charge in [0, 0.05) is 72.1 Å². The van der Waals surface area contributed by atoms with E-state index in [1.807, 2.05) is 42.5 Å². The van der Waals surface area contributed by atoms with Gasteiger partial charge in [0.2, 0.25) is 0 Å². The second-order valence-corrected chi connectivity index (χ2v) is 19.9. The van der Waals surface area contributed by atoms with Crippen LogP contribution in [0.2, 0.25) is 0 Å². The molecule has 0 unspecified atom stereocenters. The van der Waals surface area contributed by atoms with E-state index < -0.39 is 0 Å². The maximum atomic E-state index is 11.7. The molecule has 0 saturated heterocycles. The Morgan fingerprint density at radius 1 is 0.278 bits per heavy atom. The minimum absolute atomic E-state index is 0.429. The summed E-state index contributed by atoms with van der Waals surface area (Å²) in [6.07, 6.45) is 0. The maximum absolute atomic E-state index is 11.7. The van der Waals surface area contributed by atoms with Gasteiger partial charge in [0.1, 0.15) is 12.1 Å². The maximum Gasteiger partial charge on any atom is 0.101 e. The Hall–Kier alpha value is -11.1. The van der Waals surface area contributed by atoms with Crippen LogP contribution in [0.25, 0.3) is 93.3 Å². The van der Waals surface area contributed by atoms with Gasteiger partial charge in [-0.3, -0.25) is 0 Å². The summed E-state index contributed by atoms with van der Waals surface area (Å²) in [4.78, 5) is 4.56. The van der Waals surface area contributed by atoms with E-state index in [1.54, 1.807) is 0 Å². The molecule has 0 bridgehead atoms. The molecule has 12 aromatic carbocycles. The molecule has 3 heterocycles. The van der Waals surface area contributed by atoms with Gasteiger partial charge >= 0.3 is 0 Å². The van der Waals surface area contributed by atoms with Crippen LogP contribution in [0.5, 0.6) is 0 Å². The van der Waals surface area contributed by atoms with Crippen LogP contribution in [0.15, 0.2) is 273 Å². The highest BCUT2D eigenvalue weighted by Gasteiger charge is 2.27. The van der Waals surface area contributed by atoms with E-state index >= 15 is 0 Å². The molecule has 0 N–H and O–H groups in total. The Kier molecular flexibility index (Phi) is 10.5. The van der Waals surface area contributed by atoms with Crippen LogP contribution in [-0.4, -0.2) is 13.7 Å². The van der Waals surface area contributed by atoms with E-state index in [1.165, 1.54) is 0 Å². The van der Waals surface area contributed by atoms with Gasteiger partial charge in [0.25, 0.3) is 0 Å². The highest BCUT2D eigenvalue weighted by Crippen LogP contribution is 2.47. The van der Waals surface area contributed by atoms with Crippen molar-refractivity contribution in [3.8, 4) is 29.2 Å². The lowest BCUT2D eigenvalue weighted by Crippen LogP contribution is -2.09. The van der Waals surface area contributed by atoms with E-state index in [9.17, 15) is 10.5 Å². The summed E-state index contributed by atoms with van der Waals surface area (Å²) in [5, 5.41) is 31.8. The number of rotatable bonds is 9. The standard InChI is InChI=1S/C72H45N7/c73-46-49-43-69(50(47-74)42-68(49)78-66-41-36-57(76(53-25-10-3-11-26-53)54-27-12-4-13-28-54)45-63(66)70-58-31-17-16-20-48(58)34-39-67(70)78)79-65-40-35-56(75(51-21-6-1-7-22-51)52-23-8-2-9-24-52)44-62(65)61-38-37-60-59-32-18-19-33-64(59)77(71(60)72(61)79)55-29-14-5-15-30-55/h1-45H. The van der Waals surface area contributed by atoms with E-state index in [-0.39, 0.29) is 0 Å². The molecule has 0 atom stereocenters. The molecule has 15 aromatic rings. The number of benzene rings is 12. The second kappa shape index (κ2) is 18.3. The number of hydrogen-bond acceptors (Lipinski definition) is 4. The molecule has 15 rings (SSSR count). The smallest absolute Gasteiger partial charge is 0.101 e. The fourth-order valence-corrected chi connectivity index (χ4v) is 12.3. The van der Waals surface area contributed by atoms with Crippen LogP contribution in [0.1, 0.15) is 11.1 Å². The molecule has 7 nitrogen and oxygen atoms in total. The van der Waals surface area contributed by atoms with Gasteiger partial charge in [0.15, 0.2) is 0 Å². The number of nitriles is 2. The number of aromatic nitrogens is 3. The Bertz CT molecular complexity index is 4890. The van der Waals surface area contributed by atoms with Crippen molar-refractivity contribution in [1.82, 2.24) is 13.7 Å². The molecule has 0 spiro atoms. The lowest BCUT2D eigenvalue weighted by atomic mass is 10.0. The molecular formula is C72H45N7. The average Bonchev–Trinajstić information content (AvgIpc) is 4.21. The van der Waals surface area contributed by atoms with E-state index in [4.69, 9.17) is 0 Å². The quantitative estimate of drug-likeness (QED) is 0.144. The largest absolute Gasteiger partial charge is 0.310 e. The van der Waals surface area contributed by atoms with Crippen molar-refractivity contribution in [3.63, 3.8) is 0 Å². The summed E-state index contributed by atoms with van der Waals surface area (Å²) in [7, 11) is 0. The van der Waals surface area contributed by atoms with Gasteiger partial charge in [-0.25, -0.2) is 0 Å². The normalized spacial score (nSPS) is 11.5. The van der Waals surface area contributed by atoms with Crippen molar-refractivity contribution in [2.75, 3.05) is 9.80 Å². The summed E-state index contributed by atoms with van der Waals surface area (Å²) in [5.41, 5.74) is 15.0. The van der Waals surface area contributed by atoms with E-state index in [0.29, 0.717) is 22.5 Å². The van der Waals surface area contributed by atoms with Crippen molar-refractivity contribution in [2.45, 2.75) is 0 Å². The molecule has 0 saturated carbocycles. The molecular weight excluding hydrogens is 963 g/mol. The topological polar surface area (TPSA) is 68.8 Å². The highest BCUT2D eigenvalue weighted by atomic mass is 15.2. The second-order valence-electron chi connectivity index (χ2n) is 19.9. The zero-order valence-corrected chi connectivity index (χ0v) is 42.6. The van der Waals surface area contributed by atoms with Gasteiger partial charge in [0.05, 0.1) is 55.6 Å². The van der Waals surface area contributed by atoms with Crippen molar-refractivity contribution < 1.29 is 0 Å². The van der Waals surface area contributed by atoms with E-state index in [0.717, 1.165) is 116 Å². The first kappa shape index (κ1) is 45.3. The zero-order valence-electron chi connectivity index (χ0n) is 42.6. The average molecular weight is 1010 g/mol. The zero-order chi connectivity index (χ0) is 52.6. The Labute approximate surface area is 455 Å². The van der Waals surface area contributed by atoms with E-state index in [2.05, 4.69) is 266 Å². The van der Waals surface area contributed by atoms with Crippen molar-refractivity contribution in [2.24, 2.45) is 0 Å². The lowest BCUT2D eigenvalue weighted by molar-refractivity contribution is 1.12. The SMILES string of the molecule is N#Cc1cc(-n2c3ccc(N(c4ccccc4)c4ccccc4)cc3c3ccc4c5ccccc5n(-c5ccccc5)c4c32)c(C#N)cc1-n1c2ccc(N(c3ccccc3)c3ccccc3)cc2c2c3ccccc3ccc21. The first-order valence-corrected chi connectivity index (χ1v) is 26.5. The van der Waals surface area contributed by atoms with Crippen molar-refractivity contribution in [1.29, 1.82) is 10.5 Å². The summed E-state index contributed by atoms with van der Waals surface area (Å²) < 4.78 is 6.77. The van der Waals surface area contributed by atoms with Crippen LogP contribution < -0.4 is 9.80 Å². The minimum Gasteiger partial charge on any atom is -0.310 e. The van der Waals surface area contributed by atoms with Gasteiger partial charge in [-0.2, -0.15) is 10.5 Å². The molecule has 0 radical (unpaired) electrons. The summed E-state index contributed by atoms with van der Waals surface area (Å²) in [6, 6.07) is 101. The van der Waals surface area contributed by atoms with Gasteiger partial charge in [-0.15, -0.1) is 0 Å². The molecule has 368 valence electrons. The molecule has 0 aliphatic rings.